The molecule has 0 aromatic carbocycles. The predicted octanol–water partition coefficient (Wildman–Crippen LogP) is 2.84. The van der Waals surface area contributed by atoms with Crippen LogP contribution < -0.4 is 0 Å². The molecule has 0 spiro atoms. The van der Waals surface area contributed by atoms with Gasteiger partial charge in [0.25, 0.3) is 0 Å². The SMILES string of the molecule is CC(C)=C(C)C(=O)O.CCC. The lowest BCUT2D eigenvalue weighted by molar-refractivity contribution is -0.132. The van der Waals surface area contributed by atoms with Gasteiger partial charge in [0, 0.05) is 5.57 Å². The van der Waals surface area contributed by atoms with Crippen molar-refractivity contribution in [1.29, 1.82) is 0 Å². The summed E-state index contributed by atoms with van der Waals surface area (Å²) in [4.78, 5) is 10.1. The van der Waals surface area contributed by atoms with Crippen molar-refractivity contribution in [2.24, 2.45) is 0 Å². The fourth-order valence-corrected chi connectivity index (χ4v) is 0.214. The minimum atomic E-state index is -0.829. The highest BCUT2D eigenvalue weighted by atomic mass is 16.4. The molecule has 0 rings (SSSR count). The lowest BCUT2D eigenvalue weighted by Crippen LogP contribution is -1.97. The van der Waals surface area contributed by atoms with E-state index in [1.807, 2.05) is 0 Å². The average molecular weight is 158 g/mol. The van der Waals surface area contributed by atoms with Gasteiger partial charge in [-0.2, -0.15) is 0 Å². The smallest absolute Gasteiger partial charge is 0.331 e. The van der Waals surface area contributed by atoms with E-state index in [4.69, 9.17) is 5.11 Å². The maximum absolute atomic E-state index is 10.1. The summed E-state index contributed by atoms with van der Waals surface area (Å²) in [7, 11) is 0. The van der Waals surface area contributed by atoms with Crippen LogP contribution in [0.4, 0.5) is 0 Å². The van der Waals surface area contributed by atoms with E-state index in [0.29, 0.717) is 5.57 Å². The van der Waals surface area contributed by atoms with Crippen LogP contribution in [0.1, 0.15) is 41.0 Å². The summed E-state index contributed by atoms with van der Waals surface area (Å²) in [6.45, 7) is 9.41. The van der Waals surface area contributed by atoms with E-state index >= 15 is 0 Å². The Labute approximate surface area is 68.9 Å². The lowest BCUT2D eigenvalue weighted by Gasteiger charge is -1.92. The number of carboxylic acid groups (broad SMARTS) is 1. The molecule has 66 valence electrons. The van der Waals surface area contributed by atoms with Gasteiger partial charge in [-0.1, -0.05) is 25.8 Å². The molecule has 0 aliphatic rings. The summed E-state index contributed by atoms with van der Waals surface area (Å²) >= 11 is 0. The average Bonchev–Trinajstić information content (AvgIpc) is 1.87. The molecule has 0 unspecified atom stereocenters. The Morgan fingerprint density at radius 1 is 1.18 bits per heavy atom. The third-order valence-electron chi connectivity index (χ3n) is 1.07. The van der Waals surface area contributed by atoms with Crippen LogP contribution in [0.5, 0.6) is 0 Å². The van der Waals surface area contributed by atoms with Gasteiger partial charge < -0.3 is 5.11 Å². The van der Waals surface area contributed by atoms with Crippen molar-refractivity contribution in [1.82, 2.24) is 0 Å². The number of aliphatic carboxylic acids is 1. The van der Waals surface area contributed by atoms with Crippen LogP contribution in [0.2, 0.25) is 0 Å². The molecule has 0 heterocycles. The fourth-order valence-electron chi connectivity index (χ4n) is 0.214. The Morgan fingerprint density at radius 3 is 1.45 bits per heavy atom. The number of rotatable bonds is 1. The zero-order valence-electron chi connectivity index (χ0n) is 8.06. The molecule has 1 N–H and O–H groups in total. The summed E-state index contributed by atoms with van der Waals surface area (Å²) in [5, 5.41) is 8.29. The van der Waals surface area contributed by atoms with E-state index in [-0.39, 0.29) is 0 Å². The van der Waals surface area contributed by atoms with Crippen molar-refractivity contribution in [2.45, 2.75) is 41.0 Å². The van der Waals surface area contributed by atoms with Gasteiger partial charge in [0.2, 0.25) is 0 Å². The number of carbonyl (C=O) groups is 1. The fraction of sp³-hybridized carbons (Fsp3) is 0.667. The van der Waals surface area contributed by atoms with Crippen molar-refractivity contribution in [3.8, 4) is 0 Å². The first-order valence-electron chi connectivity index (χ1n) is 3.84. The van der Waals surface area contributed by atoms with Gasteiger partial charge in [-0.05, 0) is 20.8 Å². The van der Waals surface area contributed by atoms with Gasteiger partial charge in [0.15, 0.2) is 0 Å². The van der Waals surface area contributed by atoms with Gasteiger partial charge in [0.05, 0.1) is 0 Å². The van der Waals surface area contributed by atoms with Crippen LogP contribution in [-0.2, 0) is 4.79 Å². The number of allylic oxidation sites excluding steroid dienone is 1. The third kappa shape index (κ3) is 9.21. The van der Waals surface area contributed by atoms with Crippen molar-refractivity contribution in [3.63, 3.8) is 0 Å². The minimum Gasteiger partial charge on any atom is -0.478 e. The maximum atomic E-state index is 10.1. The Balaban J connectivity index is 0. The van der Waals surface area contributed by atoms with E-state index in [9.17, 15) is 4.79 Å². The summed E-state index contributed by atoms with van der Waals surface area (Å²) in [5.41, 5.74) is 1.29. The standard InChI is InChI=1S/C6H10O2.C3H8/c1-4(2)5(3)6(7)8;1-3-2/h1-3H3,(H,7,8);3H2,1-2H3. The highest BCUT2D eigenvalue weighted by molar-refractivity contribution is 5.86. The molecule has 0 atom stereocenters. The van der Waals surface area contributed by atoms with Crippen LogP contribution in [0.25, 0.3) is 0 Å². The Kier molecular flexibility index (Phi) is 8.55. The van der Waals surface area contributed by atoms with E-state index in [2.05, 4.69) is 13.8 Å². The molecule has 0 aliphatic carbocycles. The van der Waals surface area contributed by atoms with E-state index in [1.165, 1.54) is 6.42 Å². The van der Waals surface area contributed by atoms with Crippen LogP contribution in [0.15, 0.2) is 11.1 Å². The zero-order chi connectivity index (χ0) is 9.44. The zero-order valence-corrected chi connectivity index (χ0v) is 8.06. The van der Waals surface area contributed by atoms with Gasteiger partial charge in [0.1, 0.15) is 0 Å². The molecule has 0 aromatic rings. The second-order valence-corrected chi connectivity index (χ2v) is 2.64. The normalized spacial score (nSPS) is 7.73. The summed E-state index contributed by atoms with van der Waals surface area (Å²) in [6.07, 6.45) is 1.25. The van der Waals surface area contributed by atoms with Crippen LogP contribution >= 0.6 is 0 Å². The van der Waals surface area contributed by atoms with Crippen LogP contribution in [0, 0.1) is 0 Å². The monoisotopic (exact) mass is 158 g/mol. The maximum Gasteiger partial charge on any atom is 0.331 e. The van der Waals surface area contributed by atoms with E-state index in [1.54, 1.807) is 20.8 Å². The molecule has 0 aromatic heterocycles. The highest BCUT2D eigenvalue weighted by Crippen LogP contribution is 1.99. The molecule has 2 heteroatoms. The van der Waals surface area contributed by atoms with Crippen LogP contribution in [0.3, 0.4) is 0 Å². The van der Waals surface area contributed by atoms with Crippen molar-refractivity contribution in [3.05, 3.63) is 11.1 Å². The Hall–Kier alpha value is -0.790. The third-order valence-corrected chi connectivity index (χ3v) is 1.07. The molecular formula is C9H18O2. The lowest BCUT2D eigenvalue weighted by atomic mass is 10.2. The molecule has 11 heavy (non-hydrogen) atoms. The number of hydrogen-bond donors (Lipinski definition) is 1. The Morgan fingerprint density at radius 2 is 1.45 bits per heavy atom. The topological polar surface area (TPSA) is 37.3 Å². The number of hydrogen-bond acceptors (Lipinski definition) is 1. The van der Waals surface area contributed by atoms with Crippen molar-refractivity contribution < 1.29 is 9.90 Å². The number of carboxylic acids is 1. The van der Waals surface area contributed by atoms with Crippen molar-refractivity contribution in [2.75, 3.05) is 0 Å². The predicted molar refractivity (Wildman–Crippen MR) is 47.6 cm³/mol. The molecule has 0 saturated heterocycles. The molecule has 0 aliphatic heterocycles. The molecule has 0 bridgehead atoms. The summed E-state index contributed by atoms with van der Waals surface area (Å²) in [6, 6.07) is 0. The second-order valence-electron chi connectivity index (χ2n) is 2.64. The molecule has 0 fully saturated rings. The molecule has 0 radical (unpaired) electrons. The Bertz CT molecular complexity index is 142. The second kappa shape index (κ2) is 7.32. The molecule has 2 nitrogen and oxygen atoms in total. The van der Waals surface area contributed by atoms with Gasteiger partial charge in [-0.25, -0.2) is 4.79 Å². The summed E-state index contributed by atoms with van der Waals surface area (Å²) in [5.74, 6) is -0.829. The highest BCUT2D eigenvalue weighted by Gasteiger charge is 1.98. The van der Waals surface area contributed by atoms with E-state index in [0.717, 1.165) is 5.57 Å². The quantitative estimate of drug-likeness (QED) is 0.596. The first kappa shape index (κ1) is 12.8. The molecule has 0 saturated carbocycles. The first-order chi connectivity index (χ1) is 4.97. The molecular weight excluding hydrogens is 140 g/mol. The first-order valence-corrected chi connectivity index (χ1v) is 3.84. The molecule has 0 amide bonds. The summed E-state index contributed by atoms with van der Waals surface area (Å²) < 4.78 is 0. The minimum absolute atomic E-state index is 0.435. The van der Waals surface area contributed by atoms with Crippen molar-refractivity contribution >= 4 is 5.97 Å². The van der Waals surface area contributed by atoms with Gasteiger partial charge >= 0.3 is 5.97 Å². The largest absolute Gasteiger partial charge is 0.478 e. The van der Waals surface area contributed by atoms with Gasteiger partial charge in [-0.15, -0.1) is 0 Å². The van der Waals surface area contributed by atoms with Crippen LogP contribution in [-0.4, -0.2) is 11.1 Å². The van der Waals surface area contributed by atoms with E-state index < -0.39 is 5.97 Å². The van der Waals surface area contributed by atoms with Gasteiger partial charge in [-0.3, -0.25) is 0 Å².